The molecule has 0 atom stereocenters. The highest BCUT2D eigenvalue weighted by Crippen LogP contribution is 2.28. The molecule has 3 heterocycles. The summed E-state index contributed by atoms with van der Waals surface area (Å²) in [6.07, 6.45) is 1.41. The second-order valence-electron chi connectivity index (χ2n) is 7.20. The molecule has 10 nitrogen and oxygen atoms in total. The van der Waals surface area contributed by atoms with E-state index in [-0.39, 0.29) is 16.3 Å². The average Bonchev–Trinajstić information content (AvgIpc) is 3.25. The van der Waals surface area contributed by atoms with Gasteiger partial charge in [0.1, 0.15) is 4.83 Å². The minimum atomic E-state index is -3.89. The summed E-state index contributed by atoms with van der Waals surface area (Å²) in [6, 6.07) is 5.69. The van der Waals surface area contributed by atoms with Crippen LogP contribution in [0.2, 0.25) is 0 Å². The Balaban J connectivity index is 1.55. The Bertz CT molecular complexity index is 1510. The van der Waals surface area contributed by atoms with Crippen molar-refractivity contribution in [1.82, 2.24) is 14.7 Å². The molecule has 0 saturated carbocycles. The molecule has 0 unspecified atom stereocenters. The number of fused-ring (bicyclic) bond motifs is 1. The second kappa shape index (κ2) is 7.88. The Labute approximate surface area is 186 Å². The molecule has 0 radical (unpaired) electrons. The monoisotopic (exact) mass is 473 g/mol. The largest absolute Gasteiger partial charge is 0.337 e. The number of thiophene rings is 1. The van der Waals surface area contributed by atoms with Gasteiger partial charge >= 0.3 is 0 Å². The standard InChI is InChI=1S/C20H19N5O5S2/c1-10-12(3)23-30-18(10)24-32(28,29)14-7-5-13(6-8-14)22-17(26)16-11(2)15-19(31-16)21-9-25(4)20(15)27/h5-9,24H,1-4H3,(H,22,26). The van der Waals surface area contributed by atoms with Gasteiger partial charge in [-0.05, 0) is 50.6 Å². The summed E-state index contributed by atoms with van der Waals surface area (Å²) < 4.78 is 33.9. The number of carbonyl (C=O) groups excluding carboxylic acids is 1. The molecule has 0 saturated heterocycles. The van der Waals surface area contributed by atoms with Crippen molar-refractivity contribution in [3.8, 4) is 0 Å². The summed E-state index contributed by atoms with van der Waals surface area (Å²) in [5.74, 6) is -0.353. The fraction of sp³-hybridized carbons (Fsp3) is 0.200. The van der Waals surface area contributed by atoms with Crippen LogP contribution in [-0.2, 0) is 17.1 Å². The number of carbonyl (C=O) groups is 1. The molecule has 4 rings (SSSR count). The van der Waals surface area contributed by atoms with E-state index in [4.69, 9.17) is 4.52 Å². The molecular weight excluding hydrogens is 454 g/mol. The van der Waals surface area contributed by atoms with Crippen molar-refractivity contribution in [2.24, 2.45) is 7.05 Å². The summed E-state index contributed by atoms with van der Waals surface area (Å²) in [7, 11) is -2.29. The van der Waals surface area contributed by atoms with Crippen LogP contribution in [0.25, 0.3) is 10.2 Å². The first-order valence-electron chi connectivity index (χ1n) is 9.40. The topological polar surface area (TPSA) is 136 Å². The maximum atomic E-state index is 12.8. The number of benzene rings is 1. The van der Waals surface area contributed by atoms with Gasteiger partial charge < -0.3 is 14.4 Å². The molecule has 0 aliphatic heterocycles. The number of aromatic nitrogens is 3. The molecule has 1 aromatic carbocycles. The Morgan fingerprint density at radius 2 is 1.81 bits per heavy atom. The molecule has 0 spiro atoms. The van der Waals surface area contributed by atoms with Gasteiger partial charge in [0.25, 0.3) is 21.5 Å². The third-order valence-electron chi connectivity index (χ3n) is 5.02. The lowest BCUT2D eigenvalue weighted by atomic mass is 10.2. The quantitative estimate of drug-likeness (QED) is 0.455. The number of anilines is 2. The van der Waals surface area contributed by atoms with E-state index in [1.54, 1.807) is 27.8 Å². The van der Waals surface area contributed by atoms with Crippen LogP contribution in [0.1, 0.15) is 26.5 Å². The summed E-state index contributed by atoms with van der Waals surface area (Å²) in [5, 5.41) is 6.87. The van der Waals surface area contributed by atoms with Crippen molar-refractivity contribution in [2.75, 3.05) is 10.0 Å². The number of aryl methyl sites for hydroxylation is 3. The van der Waals surface area contributed by atoms with Gasteiger partial charge in [0.2, 0.25) is 5.88 Å². The van der Waals surface area contributed by atoms with Crippen LogP contribution < -0.4 is 15.6 Å². The van der Waals surface area contributed by atoms with Gasteiger partial charge in [0.15, 0.2) is 0 Å². The summed E-state index contributed by atoms with van der Waals surface area (Å²) in [5.41, 5.74) is 1.92. The molecule has 0 aliphatic rings. The first-order chi connectivity index (χ1) is 15.1. The molecular formula is C20H19N5O5S2. The van der Waals surface area contributed by atoms with E-state index >= 15 is 0 Å². The van der Waals surface area contributed by atoms with Crippen molar-refractivity contribution in [1.29, 1.82) is 0 Å². The normalized spacial score (nSPS) is 11.6. The summed E-state index contributed by atoms with van der Waals surface area (Å²) in [6.45, 7) is 5.11. The van der Waals surface area contributed by atoms with Crippen LogP contribution in [0, 0.1) is 20.8 Å². The minimum Gasteiger partial charge on any atom is -0.337 e. The molecule has 0 fully saturated rings. The van der Waals surface area contributed by atoms with Crippen LogP contribution >= 0.6 is 11.3 Å². The molecule has 0 bridgehead atoms. The van der Waals surface area contributed by atoms with Gasteiger partial charge in [0, 0.05) is 18.3 Å². The third-order valence-corrected chi connectivity index (χ3v) is 7.57. The molecule has 3 aromatic heterocycles. The SMILES string of the molecule is Cc1noc(NS(=O)(=O)c2ccc(NC(=O)c3sc4ncn(C)c(=O)c4c3C)cc2)c1C. The summed E-state index contributed by atoms with van der Waals surface area (Å²) in [4.78, 5) is 30.2. The van der Waals surface area contributed by atoms with Gasteiger partial charge in [-0.15, -0.1) is 11.3 Å². The van der Waals surface area contributed by atoms with Gasteiger partial charge in [-0.1, -0.05) is 5.16 Å². The van der Waals surface area contributed by atoms with Crippen molar-refractivity contribution >= 4 is 49.1 Å². The average molecular weight is 474 g/mol. The Morgan fingerprint density at radius 1 is 1.12 bits per heavy atom. The highest BCUT2D eigenvalue weighted by Gasteiger charge is 2.21. The zero-order valence-corrected chi connectivity index (χ0v) is 19.2. The highest BCUT2D eigenvalue weighted by molar-refractivity contribution is 7.92. The first-order valence-corrected chi connectivity index (χ1v) is 11.7. The Morgan fingerprint density at radius 3 is 2.44 bits per heavy atom. The second-order valence-corrected chi connectivity index (χ2v) is 9.88. The number of sulfonamides is 1. The molecule has 0 aliphatic carbocycles. The maximum absolute atomic E-state index is 12.8. The van der Waals surface area contributed by atoms with E-state index < -0.39 is 15.9 Å². The molecule has 32 heavy (non-hydrogen) atoms. The zero-order chi connectivity index (χ0) is 23.2. The van der Waals surface area contributed by atoms with E-state index in [0.29, 0.717) is 37.6 Å². The minimum absolute atomic E-state index is 0.00492. The molecule has 4 aromatic rings. The van der Waals surface area contributed by atoms with Crippen molar-refractivity contribution in [2.45, 2.75) is 25.7 Å². The first kappa shape index (κ1) is 21.7. The van der Waals surface area contributed by atoms with E-state index in [1.165, 1.54) is 35.2 Å². The van der Waals surface area contributed by atoms with Crippen molar-refractivity contribution in [3.05, 3.63) is 62.6 Å². The van der Waals surface area contributed by atoms with Crippen molar-refractivity contribution < 1.29 is 17.7 Å². The van der Waals surface area contributed by atoms with Gasteiger partial charge in [-0.25, -0.2) is 18.1 Å². The van der Waals surface area contributed by atoms with Crippen LogP contribution in [0.5, 0.6) is 0 Å². The van der Waals surface area contributed by atoms with E-state index in [1.807, 2.05) is 0 Å². The number of rotatable bonds is 5. The Hall–Kier alpha value is -3.51. The zero-order valence-electron chi connectivity index (χ0n) is 17.6. The fourth-order valence-electron chi connectivity index (χ4n) is 3.02. The van der Waals surface area contributed by atoms with Crippen LogP contribution in [-0.4, -0.2) is 29.0 Å². The number of hydrogen-bond donors (Lipinski definition) is 2. The number of nitrogens with one attached hydrogen (secondary N) is 2. The number of nitrogens with zero attached hydrogens (tertiary/aromatic N) is 3. The molecule has 2 N–H and O–H groups in total. The maximum Gasteiger partial charge on any atom is 0.266 e. The lowest BCUT2D eigenvalue weighted by Crippen LogP contribution is -2.17. The third kappa shape index (κ3) is 3.78. The van der Waals surface area contributed by atoms with E-state index in [9.17, 15) is 18.0 Å². The predicted octanol–water partition coefficient (Wildman–Crippen LogP) is 2.96. The van der Waals surface area contributed by atoms with Gasteiger partial charge in [-0.2, -0.15) is 0 Å². The van der Waals surface area contributed by atoms with Gasteiger partial charge in [-0.3, -0.25) is 9.59 Å². The highest BCUT2D eigenvalue weighted by atomic mass is 32.2. The lowest BCUT2D eigenvalue weighted by molar-refractivity contribution is 0.103. The molecule has 166 valence electrons. The van der Waals surface area contributed by atoms with Crippen molar-refractivity contribution in [3.63, 3.8) is 0 Å². The van der Waals surface area contributed by atoms with E-state index in [2.05, 4.69) is 20.2 Å². The van der Waals surface area contributed by atoms with E-state index in [0.717, 1.165) is 11.3 Å². The molecule has 1 amide bonds. The number of amides is 1. The predicted molar refractivity (Wildman–Crippen MR) is 121 cm³/mol. The van der Waals surface area contributed by atoms with Gasteiger partial charge in [0.05, 0.1) is 27.2 Å². The van der Waals surface area contributed by atoms with Crippen LogP contribution in [0.4, 0.5) is 11.6 Å². The van der Waals surface area contributed by atoms with Crippen LogP contribution in [0.3, 0.4) is 0 Å². The number of hydrogen-bond acceptors (Lipinski definition) is 8. The Kier molecular flexibility index (Phi) is 5.34. The fourth-order valence-corrected chi connectivity index (χ4v) is 5.10. The summed E-state index contributed by atoms with van der Waals surface area (Å²) >= 11 is 1.13. The molecule has 12 heteroatoms. The smallest absolute Gasteiger partial charge is 0.266 e. The lowest BCUT2D eigenvalue weighted by Gasteiger charge is -2.08. The van der Waals surface area contributed by atoms with Crippen LogP contribution in [0.15, 0.2) is 44.8 Å².